The Morgan fingerprint density at radius 2 is 0.688 bits per heavy atom. The van der Waals surface area contributed by atoms with Crippen LogP contribution in [0.15, 0.2) is 206 Å². The zero-order valence-corrected chi connectivity index (χ0v) is 30.8. The highest BCUT2D eigenvalue weighted by Crippen LogP contribution is 2.70. The van der Waals surface area contributed by atoms with Gasteiger partial charge in [0, 0.05) is 16.4 Å². The van der Waals surface area contributed by atoms with E-state index < -0.39 is 21.8 Å². The zero-order chi connectivity index (χ0) is 37.1. The van der Waals surface area contributed by atoms with Crippen molar-refractivity contribution in [2.24, 2.45) is 16.2 Å². The second-order valence-corrected chi connectivity index (χ2v) is 13.6. The third kappa shape index (κ3) is 9.24. The average Bonchev–Trinajstić information content (AvgIpc) is 2.96. The van der Waals surface area contributed by atoms with Gasteiger partial charge in [-0.2, -0.15) is 0 Å². The third-order valence-corrected chi connectivity index (χ3v) is 7.99. The molecule has 0 bridgehead atoms. The minimum absolute atomic E-state index is 0.254. The summed E-state index contributed by atoms with van der Waals surface area (Å²) >= 11 is 0. The summed E-state index contributed by atoms with van der Waals surface area (Å²) in [5, 5.41) is 26.3. The van der Waals surface area contributed by atoms with Crippen molar-refractivity contribution in [1.29, 1.82) is 0 Å². The fourth-order valence-electron chi connectivity index (χ4n) is 5.75. The molecular weight excluding hydrogens is 585 g/mol. The van der Waals surface area contributed by atoms with Crippen LogP contribution in [0.1, 0.15) is 55.4 Å². The Bertz CT molecular complexity index is 1570. The van der Waals surface area contributed by atoms with E-state index in [1.54, 1.807) is 12.2 Å². The van der Waals surface area contributed by atoms with Gasteiger partial charge in [0.1, 0.15) is 5.76 Å². The largest absolute Gasteiger partial charge is 0.508 e. The third-order valence-electron chi connectivity index (χ3n) is 7.99. The Hall–Kier alpha value is -4.66. The van der Waals surface area contributed by atoms with Gasteiger partial charge in [0.2, 0.25) is 0 Å². The number of aliphatic hydroxyl groups is 2. The van der Waals surface area contributed by atoms with Crippen molar-refractivity contribution < 1.29 is 10.2 Å². The lowest BCUT2D eigenvalue weighted by molar-refractivity contribution is -0.0692. The quantitative estimate of drug-likeness (QED) is 0.164. The number of aliphatic hydroxyl groups excluding tert-OH is 1. The molecule has 2 nitrogen and oxygen atoms in total. The van der Waals surface area contributed by atoms with Crippen LogP contribution < -0.4 is 0 Å². The monoisotopic (exact) mass is 642 g/mol. The van der Waals surface area contributed by atoms with Gasteiger partial charge in [0.05, 0.1) is 5.41 Å². The van der Waals surface area contributed by atoms with Gasteiger partial charge in [-0.15, -0.1) is 0 Å². The van der Waals surface area contributed by atoms with E-state index in [1.807, 2.05) is 128 Å². The first kappa shape index (κ1) is 41.4. The molecule has 1 aliphatic rings. The van der Waals surface area contributed by atoms with E-state index in [4.69, 9.17) is 0 Å². The molecule has 0 heterocycles. The standard InChI is InChI=1S/C46H58O2/c1-33(2)17-18-41-42(47)46(48,32-25-40(15)16)45(30-23-38(11)12,31-24-39(13)14)44(28-21-36(7)8,29-22-37(9)10)43(41,26-19-34(3)4)27-20-35(5)6/h17-32,47-48H,1,3,5,7,9,11,13,15H2,2,4,6,8,10,12,14,16H3. The minimum Gasteiger partial charge on any atom is -0.508 e. The Morgan fingerprint density at radius 1 is 0.417 bits per heavy atom. The Kier molecular flexibility index (Phi) is 14.6. The summed E-state index contributed by atoms with van der Waals surface area (Å²) in [7, 11) is 0. The summed E-state index contributed by atoms with van der Waals surface area (Å²) in [4.78, 5) is 0. The predicted octanol–water partition coefficient (Wildman–Crippen LogP) is 12.6. The number of hydrogen-bond donors (Lipinski definition) is 2. The van der Waals surface area contributed by atoms with Crippen molar-refractivity contribution in [3.8, 4) is 0 Å². The summed E-state index contributed by atoms with van der Waals surface area (Å²) in [6, 6.07) is 0. The lowest BCUT2D eigenvalue weighted by Crippen LogP contribution is -2.64. The van der Waals surface area contributed by atoms with Crippen molar-refractivity contribution in [3.63, 3.8) is 0 Å². The zero-order valence-electron chi connectivity index (χ0n) is 30.8. The summed E-state index contributed by atoms with van der Waals surface area (Å²) in [5.41, 5.74) is 0.599. The molecule has 0 amide bonds. The molecule has 0 aromatic heterocycles. The van der Waals surface area contributed by atoms with Crippen LogP contribution in [0.2, 0.25) is 0 Å². The lowest BCUT2D eigenvalue weighted by atomic mass is 9.39. The molecule has 2 N–H and O–H groups in total. The van der Waals surface area contributed by atoms with Crippen LogP contribution in [-0.2, 0) is 0 Å². The Morgan fingerprint density at radius 3 is 1.00 bits per heavy atom. The van der Waals surface area contributed by atoms with Gasteiger partial charge in [-0.05, 0) is 61.5 Å². The van der Waals surface area contributed by atoms with Crippen LogP contribution in [0.25, 0.3) is 0 Å². The van der Waals surface area contributed by atoms with Crippen molar-refractivity contribution in [1.82, 2.24) is 0 Å². The molecule has 1 rings (SSSR count). The molecule has 1 aliphatic carbocycles. The van der Waals surface area contributed by atoms with Crippen molar-refractivity contribution >= 4 is 0 Å². The van der Waals surface area contributed by atoms with Gasteiger partial charge in [-0.1, -0.05) is 188 Å². The van der Waals surface area contributed by atoms with E-state index in [0.717, 1.165) is 39.0 Å². The summed E-state index contributed by atoms with van der Waals surface area (Å²) in [5.74, 6) is -0.254. The van der Waals surface area contributed by atoms with Gasteiger partial charge in [0.25, 0.3) is 0 Å². The molecule has 0 radical (unpaired) electrons. The second kappa shape index (κ2) is 16.9. The van der Waals surface area contributed by atoms with E-state index in [0.29, 0.717) is 11.1 Å². The molecule has 0 spiro atoms. The van der Waals surface area contributed by atoms with Crippen molar-refractivity contribution in [3.05, 3.63) is 206 Å². The van der Waals surface area contributed by atoms with E-state index in [-0.39, 0.29) is 5.76 Å². The van der Waals surface area contributed by atoms with Gasteiger partial charge < -0.3 is 10.2 Å². The number of rotatable bonds is 16. The van der Waals surface area contributed by atoms with E-state index in [9.17, 15) is 10.2 Å². The fraction of sp³-hybridized carbons (Fsp3) is 0.261. The molecule has 0 fully saturated rings. The Labute approximate surface area is 292 Å². The first-order valence-corrected chi connectivity index (χ1v) is 16.1. The smallest absolute Gasteiger partial charge is 0.153 e. The Balaban J connectivity index is 5.46. The van der Waals surface area contributed by atoms with Gasteiger partial charge in [-0.3, -0.25) is 0 Å². The summed E-state index contributed by atoms with van der Waals surface area (Å²) in [6.07, 6.45) is 30.6. The molecule has 0 aromatic rings. The second-order valence-electron chi connectivity index (χ2n) is 13.6. The molecule has 1 atom stereocenters. The van der Waals surface area contributed by atoms with Gasteiger partial charge >= 0.3 is 0 Å². The molecular formula is C46H58O2. The van der Waals surface area contributed by atoms with E-state index in [1.165, 1.54) is 0 Å². The molecule has 0 saturated carbocycles. The van der Waals surface area contributed by atoms with Crippen LogP contribution in [0, 0.1) is 16.2 Å². The van der Waals surface area contributed by atoms with Crippen LogP contribution in [0.5, 0.6) is 0 Å². The van der Waals surface area contributed by atoms with Crippen molar-refractivity contribution in [2.75, 3.05) is 0 Å². The van der Waals surface area contributed by atoms with Crippen LogP contribution in [-0.4, -0.2) is 15.8 Å². The SMILES string of the molecule is C=C(C)C=CC1=C(O)C(O)(C=CC(=C)C)C(C=CC(=C)C)(C=CC(=C)C)C(C=CC(=C)C)(C=CC(=C)C)C1(C=CC(=C)C)C=CC(=C)C. The average molecular weight is 643 g/mol. The molecule has 254 valence electrons. The summed E-state index contributed by atoms with van der Waals surface area (Å²) in [6.45, 7) is 48.5. The molecule has 0 aromatic carbocycles. The van der Waals surface area contributed by atoms with Crippen LogP contribution >= 0.6 is 0 Å². The molecule has 1 unspecified atom stereocenters. The highest BCUT2D eigenvalue weighted by Gasteiger charge is 2.70. The van der Waals surface area contributed by atoms with Gasteiger partial charge in [0.15, 0.2) is 5.60 Å². The molecule has 0 saturated heterocycles. The van der Waals surface area contributed by atoms with E-state index >= 15 is 0 Å². The molecule has 2 heteroatoms. The molecule has 48 heavy (non-hydrogen) atoms. The maximum atomic E-state index is 13.5. The fourth-order valence-corrected chi connectivity index (χ4v) is 5.75. The maximum absolute atomic E-state index is 13.5. The topological polar surface area (TPSA) is 40.5 Å². The molecule has 0 aliphatic heterocycles. The summed E-state index contributed by atoms with van der Waals surface area (Å²) < 4.78 is 0. The lowest BCUT2D eigenvalue weighted by Gasteiger charge is -2.63. The maximum Gasteiger partial charge on any atom is 0.153 e. The highest BCUT2D eigenvalue weighted by atomic mass is 16.3. The number of hydrogen-bond acceptors (Lipinski definition) is 2. The first-order valence-electron chi connectivity index (χ1n) is 16.1. The highest BCUT2D eigenvalue weighted by molar-refractivity contribution is 5.62. The van der Waals surface area contributed by atoms with Crippen LogP contribution in [0.4, 0.5) is 0 Å². The van der Waals surface area contributed by atoms with Crippen LogP contribution in [0.3, 0.4) is 0 Å². The number of allylic oxidation sites excluding steroid dienone is 22. The van der Waals surface area contributed by atoms with E-state index in [2.05, 4.69) is 64.8 Å². The normalized spacial score (nSPS) is 26.8. The predicted molar refractivity (Wildman–Crippen MR) is 214 cm³/mol. The first-order chi connectivity index (χ1) is 22.1. The van der Waals surface area contributed by atoms with Gasteiger partial charge in [-0.25, -0.2) is 0 Å². The minimum atomic E-state index is -2.06. The van der Waals surface area contributed by atoms with Crippen molar-refractivity contribution in [2.45, 2.75) is 61.0 Å².